The quantitative estimate of drug-likeness (QED) is 0.746. The van der Waals surface area contributed by atoms with E-state index in [9.17, 15) is 26.4 Å². The van der Waals surface area contributed by atoms with Gasteiger partial charge in [0.15, 0.2) is 0 Å². The molecule has 10 heteroatoms. The molecule has 0 radical (unpaired) electrons. The van der Waals surface area contributed by atoms with E-state index >= 15 is 0 Å². The molecule has 1 fully saturated rings. The van der Waals surface area contributed by atoms with Gasteiger partial charge in [-0.1, -0.05) is 24.3 Å². The Morgan fingerprint density at radius 3 is 2.32 bits per heavy atom. The van der Waals surface area contributed by atoms with E-state index in [2.05, 4.69) is 5.32 Å². The summed E-state index contributed by atoms with van der Waals surface area (Å²) in [5.74, 6) is -0.505. The third-order valence-electron chi connectivity index (χ3n) is 5.39. The Hall–Kier alpha value is -2.43. The van der Waals surface area contributed by atoms with Crippen LogP contribution in [0.3, 0.4) is 0 Å². The number of benzene rings is 2. The van der Waals surface area contributed by atoms with Crippen molar-refractivity contribution in [3.05, 3.63) is 59.7 Å². The number of halogens is 3. The van der Waals surface area contributed by atoms with Crippen LogP contribution in [0.4, 0.5) is 18.9 Å². The normalized spacial score (nSPS) is 16.8. The van der Waals surface area contributed by atoms with Gasteiger partial charge in [-0.05, 0) is 42.7 Å². The molecule has 0 spiro atoms. The van der Waals surface area contributed by atoms with Gasteiger partial charge in [0, 0.05) is 33.0 Å². The van der Waals surface area contributed by atoms with Crippen LogP contribution in [0.5, 0.6) is 0 Å². The van der Waals surface area contributed by atoms with Crippen molar-refractivity contribution in [2.75, 3.05) is 32.6 Å². The molecule has 1 aliphatic heterocycles. The van der Waals surface area contributed by atoms with Gasteiger partial charge in [-0.3, -0.25) is 4.79 Å². The minimum atomic E-state index is -4.53. The number of amides is 1. The molecular formula is C21H23F3N2O4S. The average Bonchev–Trinajstić information content (AvgIpc) is 2.73. The molecule has 0 saturated carbocycles. The molecule has 0 bridgehead atoms. The highest BCUT2D eigenvalue weighted by Gasteiger charge is 2.43. The number of rotatable bonds is 5. The maximum absolute atomic E-state index is 13.3. The van der Waals surface area contributed by atoms with E-state index in [1.54, 1.807) is 0 Å². The number of sulfonamides is 1. The first kappa shape index (κ1) is 23.2. The second-order valence-corrected chi connectivity index (χ2v) is 9.69. The molecule has 0 aliphatic carbocycles. The molecule has 1 N–H and O–H groups in total. The third kappa shape index (κ3) is 4.76. The molecule has 0 aromatic heterocycles. The Kier molecular flexibility index (Phi) is 6.45. The molecule has 0 unspecified atom stereocenters. The number of carbonyl (C=O) groups excluding carboxylic acids is 1. The number of hydrogen-bond donors (Lipinski definition) is 1. The van der Waals surface area contributed by atoms with Crippen LogP contribution in [-0.2, 0) is 31.1 Å². The van der Waals surface area contributed by atoms with Crippen molar-refractivity contribution in [3.8, 4) is 0 Å². The van der Waals surface area contributed by atoms with Gasteiger partial charge in [0.25, 0.3) is 0 Å². The van der Waals surface area contributed by atoms with Crippen molar-refractivity contribution in [2.45, 2.75) is 29.3 Å². The zero-order valence-corrected chi connectivity index (χ0v) is 17.9. The van der Waals surface area contributed by atoms with Gasteiger partial charge in [-0.2, -0.15) is 13.2 Å². The highest BCUT2D eigenvalue weighted by molar-refractivity contribution is 7.89. The Labute approximate surface area is 179 Å². The molecular weight excluding hydrogens is 433 g/mol. The molecule has 2 aromatic carbocycles. The lowest BCUT2D eigenvalue weighted by Crippen LogP contribution is -2.45. The number of ether oxygens (including phenoxy) is 1. The van der Waals surface area contributed by atoms with Crippen LogP contribution in [0, 0.1) is 0 Å². The van der Waals surface area contributed by atoms with Crippen molar-refractivity contribution in [1.29, 1.82) is 0 Å². The largest absolute Gasteiger partial charge is 0.416 e. The summed E-state index contributed by atoms with van der Waals surface area (Å²) in [6, 6.07) is 10.5. The maximum atomic E-state index is 13.3. The van der Waals surface area contributed by atoms with Gasteiger partial charge in [0.1, 0.15) is 0 Å². The first-order valence-corrected chi connectivity index (χ1v) is 11.0. The predicted octanol–water partition coefficient (Wildman–Crippen LogP) is 3.64. The zero-order chi connectivity index (χ0) is 22.9. The van der Waals surface area contributed by atoms with Crippen molar-refractivity contribution in [1.82, 2.24) is 4.31 Å². The van der Waals surface area contributed by atoms with Crippen molar-refractivity contribution >= 4 is 21.6 Å². The van der Waals surface area contributed by atoms with E-state index in [1.807, 2.05) is 0 Å². The van der Waals surface area contributed by atoms with E-state index in [-0.39, 0.29) is 42.2 Å². The average molecular weight is 456 g/mol. The lowest BCUT2D eigenvalue weighted by Gasteiger charge is -2.36. The molecule has 1 amide bonds. The smallest absolute Gasteiger partial charge is 0.381 e. The monoisotopic (exact) mass is 456 g/mol. The minimum Gasteiger partial charge on any atom is -0.381 e. The number of anilines is 1. The second kappa shape index (κ2) is 8.60. The Balaban J connectivity index is 1.97. The van der Waals surface area contributed by atoms with Crippen molar-refractivity contribution in [2.24, 2.45) is 0 Å². The lowest BCUT2D eigenvalue weighted by molar-refractivity contribution is -0.138. The topological polar surface area (TPSA) is 75.7 Å². The summed E-state index contributed by atoms with van der Waals surface area (Å²) >= 11 is 0. The van der Waals surface area contributed by atoms with Crippen LogP contribution in [0.25, 0.3) is 0 Å². The van der Waals surface area contributed by atoms with Crippen molar-refractivity contribution in [3.63, 3.8) is 0 Å². The van der Waals surface area contributed by atoms with Gasteiger partial charge >= 0.3 is 6.18 Å². The molecule has 168 valence electrons. The summed E-state index contributed by atoms with van der Waals surface area (Å²) in [7, 11) is -0.924. The number of nitrogens with one attached hydrogen (secondary N) is 1. The summed E-state index contributed by atoms with van der Waals surface area (Å²) in [5, 5.41) is 2.70. The van der Waals surface area contributed by atoms with Crippen LogP contribution in [0.2, 0.25) is 0 Å². The molecule has 3 rings (SSSR count). The van der Waals surface area contributed by atoms with E-state index in [1.165, 1.54) is 50.5 Å². The SMILES string of the molecule is CN(C)S(=O)(=O)c1cccc(NC(=O)C2(c3cccc(C(F)(F)F)c3)CCOCC2)c1. The number of alkyl halides is 3. The van der Waals surface area contributed by atoms with Gasteiger partial charge in [-0.15, -0.1) is 0 Å². The van der Waals surface area contributed by atoms with Gasteiger partial charge in [0.05, 0.1) is 15.9 Å². The van der Waals surface area contributed by atoms with Crippen molar-refractivity contribution < 1.29 is 31.1 Å². The fourth-order valence-corrected chi connectivity index (χ4v) is 4.50. The maximum Gasteiger partial charge on any atom is 0.416 e. The Morgan fingerprint density at radius 1 is 1.06 bits per heavy atom. The molecule has 2 aromatic rings. The highest BCUT2D eigenvalue weighted by atomic mass is 32.2. The molecule has 0 atom stereocenters. The molecule has 6 nitrogen and oxygen atoms in total. The minimum absolute atomic E-state index is 0.00426. The Morgan fingerprint density at radius 2 is 1.71 bits per heavy atom. The predicted molar refractivity (Wildman–Crippen MR) is 109 cm³/mol. The number of hydrogen-bond acceptors (Lipinski definition) is 4. The summed E-state index contributed by atoms with van der Waals surface area (Å²) in [6.07, 6.45) is -4.13. The van der Waals surface area contributed by atoms with E-state index in [0.29, 0.717) is 0 Å². The van der Waals surface area contributed by atoms with Gasteiger partial charge < -0.3 is 10.1 Å². The number of carbonyl (C=O) groups is 1. The van der Waals surface area contributed by atoms with E-state index in [0.717, 1.165) is 16.4 Å². The fourth-order valence-electron chi connectivity index (χ4n) is 3.56. The van der Waals surface area contributed by atoms with Crippen LogP contribution in [0.1, 0.15) is 24.0 Å². The van der Waals surface area contributed by atoms with E-state index in [4.69, 9.17) is 4.74 Å². The zero-order valence-electron chi connectivity index (χ0n) is 17.1. The van der Waals surface area contributed by atoms with Crippen LogP contribution in [0.15, 0.2) is 53.4 Å². The molecule has 31 heavy (non-hydrogen) atoms. The van der Waals surface area contributed by atoms with Gasteiger partial charge in [-0.25, -0.2) is 12.7 Å². The summed E-state index contributed by atoms with van der Waals surface area (Å²) in [5.41, 5.74) is -1.57. The molecule has 1 saturated heterocycles. The van der Waals surface area contributed by atoms with E-state index < -0.39 is 33.1 Å². The molecule has 1 aliphatic rings. The summed E-state index contributed by atoms with van der Waals surface area (Å²) < 4.78 is 70.9. The summed E-state index contributed by atoms with van der Waals surface area (Å²) in [4.78, 5) is 13.3. The van der Waals surface area contributed by atoms with Crippen LogP contribution in [-0.4, -0.2) is 45.9 Å². The standard InChI is InChI=1S/C21H23F3N2O4S/c1-26(2)31(28,29)18-8-4-7-17(14-18)25-19(27)20(9-11-30-12-10-20)15-5-3-6-16(13-15)21(22,23)24/h3-8,13-14H,9-12H2,1-2H3,(H,25,27). The number of nitrogens with zero attached hydrogens (tertiary/aromatic N) is 1. The second-order valence-electron chi connectivity index (χ2n) is 7.54. The summed E-state index contributed by atoms with van der Waals surface area (Å²) in [6.45, 7) is 0.442. The molecule has 1 heterocycles. The van der Waals surface area contributed by atoms with Crippen LogP contribution >= 0.6 is 0 Å². The van der Waals surface area contributed by atoms with Crippen LogP contribution < -0.4 is 5.32 Å². The van der Waals surface area contributed by atoms with Gasteiger partial charge in [0.2, 0.25) is 15.9 Å². The lowest BCUT2D eigenvalue weighted by atomic mass is 9.73. The first-order valence-electron chi connectivity index (χ1n) is 9.56. The fraction of sp³-hybridized carbons (Fsp3) is 0.381. The third-order valence-corrected chi connectivity index (χ3v) is 7.21. The highest BCUT2D eigenvalue weighted by Crippen LogP contribution is 2.39. The first-order chi connectivity index (χ1) is 14.5. The Bertz CT molecular complexity index is 1060.